The Morgan fingerprint density at radius 3 is 2.55 bits per heavy atom. The number of halogens is 1. The number of aromatic nitrogens is 4. The molecular formula is C24H22FN5O. The molecule has 1 aromatic carbocycles. The number of carbonyl (C=O) groups excluding carboxylic acids is 1. The molecule has 3 aromatic heterocycles. The lowest BCUT2D eigenvalue weighted by molar-refractivity contribution is -0.123. The minimum atomic E-state index is -0.929. The highest BCUT2D eigenvalue weighted by molar-refractivity contribution is 5.87. The fourth-order valence-electron chi connectivity index (χ4n) is 3.20. The second-order valence-corrected chi connectivity index (χ2v) is 7.77. The Labute approximate surface area is 179 Å². The maximum absolute atomic E-state index is 12.5. The third-order valence-corrected chi connectivity index (χ3v) is 5.14. The van der Waals surface area contributed by atoms with Gasteiger partial charge in [-0.2, -0.15) is 10.2 Å². The number of fused-ring (bicyclic) bond motifs is 1. The van der Waals surface area contributed by atoms with Crippen LogP contribution in [0.15, 0.2) is 61.2 Å². The fourth-order valence-corrected chi connectivity index (χ4v) is 3.20. The lowest BCUT2D eigenvalue weighted by atomic mass is 9.93. The number of nitrogens with zero attached hydrogens (tertiary/aromatic N) is 4. The molecule has 0 unspecified atom stereocenters. The van der Waals surface area contributed by atoms with Gasteiger partial charge >= 0.3 is 0 Å². The standard InChI is InChI=1S/C24H22FN5O/c1-24(2,23(26)31)10-9-19-4-3-12-30-22(19)21(15-28-30)18-7-5-17(6-8-18)20-14-27-29(16-20)13-11-25/h3-8,12,14-16H,11,13H2,1-2H3,(H2,26,31). The second kappa shape index (κ2) is 8.07. The summed E-state index contributed by atoms with van der Waals surface area (Å²) in [6.45, 7) is 3.20. The molecule has 0 radical (unpaired) electrons. The summed E-state index contributed by atoms with van der Waals surface area (Å²) in [6, 6.07) is 11.8. The number of hydrogen-bond acceptors (Lipinski definition) is 3. The highest BCUT2D eigenvalue weighted by Gasteiger charge is 2.21. The summed E-state index contributed by atoms with van der Waals surface area (Å²) in [6.07, 6.45) is 7.22. The molecule has 3 heterocycles. The van der Waals surface area contributed by atoms with Gasteiger partial charge in [0.1, 0.15) is 12.1 Å². The van der Waals surface area contributed by atoms with Gasteiger partial charge in [0.2, 0.25) is 5.91 Å². The number of primary amides is 1. The predicted molar refractivity (Wildman–Crippen MR) is 118 cm³/mol. The lowest BCUT2D eigenvalue weighted by Gasteiger charge is -2.11. The van der Waals surface area contributed by atoms with Crippen molar-refractivity contribution in [2.45, 2.75) is 20.4 Å². The molecule has 0 saturated carbocycles. The maximum Gasteiger partial charge on any atom is 0.235 e. The van der Waals surface area contributed by atoms with Gasteiger partial charge in [0.25, 0.3) is 0 Å². The van der Waals surface area contributed by atoms with Crippen molar-refractivity contribution in [2.24, 2.45) is 11.1 Å². The first kappa shape index (κ1) is 20.4. The summed E-state index contributed by atoms with van der Waals surface area (Å²) in [7, 11) is 0. The molecular weight excluding hydrogens is 393 g/mol. The number of benzene rings is 1. The third-order valence-electron chi connectivity index (χ3n) is 5.14. The molecule has 0 spiro atoms. The minimum Gasteiger partial charge on any atom is -0.368 e. The molecule has 0 bridgehead atoms. The van der Waals surface area contributed by atoms with Crippen LogP contribution in [-0.4, -0.2) is 32.0 Å². The van der Waals surface area contributed by atoms with E-state index in [1.807, 2.05) is 48.8 Å². The molecule has 0 fully saturated rings. The zero-order valence-corrected chi connectivity index (χ0v) is 17.3. The van der Waals surface area contributed by atoms with Gasteiger partial charge in [0.05, 0.1) is 30.0 Å². The van der Waals surface area contributed by atoms with Crippen molar-refractivity contribution >= 4 is 11.4 Å². The molecule has 4 aromatic rings. The van der Waals surface area contributed by atoms with Crippen LogP contribution in [0.4, 0.5) is 4.39 Å². The minimum absolute atomic E-state index is 0.247. The monoisotopic (exact) mass is 415 g/mol. The van der Waals surface area contributed by atoms with Crippen LogP contribution < -0.4 is 5.73 Å². The summed E-state index contributed by atoms with van der Waals surface area (Å²) < 4.78 is 15.9. The van der Waals surface area contributed by atoms with Crippen molar-refractivity contribution in [3.63, 3.8) is 0 Å². The van der Waals surface area contributed by atoms with Crippen molar-refractivity contribution in [2.75, 3.05) is 6.67 Å². The first-order valence-electron chi connectivity index (χ1n) is 9.88. The van der Waals surface area contributed by atoms with E-state index in [-0.39, 0.29) is 6.54 Å². The summed E-state index contributed by atoms with van der Waals surface area (Å²) in [5, 5.41) is 8.62. The van der Waals surface area contributed by atoms with Crippen LogP contribution in [-0.2, 0) is 11.3 Å². The Morgan fingerprint density at radius 2 is 1.84 bits per heavy atom. The van der Waals surface area contributed by atoms with Crippen molar-refractivity contribution in [3.8, 4) is 34.1 Å². The highest BCUT2D eigenvalue weighted by Crippen LogP contribution is 2.29. The van der Waals surface area contributed by atoms with Crippen LogP contribution >= 0.6 is 0 Å². The van der Waals surface area contributed by atoms with Crippen LogP contribution in [0.25, 0.3) is 27.8 Å². The maximum atomic E-state index is 12.5. The van der Waals surface area contributed by atoms with Gasteiger partial charge in [-0.3, -0.25) is 9.48 Å². The predicted octanol–water partition coefficient (Wildman–Crippen LogP) is 3.70. The molecule has 0 saturated heterocycles. The van der Waals surface area contributed by atoms with Crippen LogP contribution in [0.1, 0.15) is 19.4 Å². The van der Waals surface area contributed by atoms with E-state index < -0.39 is 18.0 Å². The number of amides is 1. The molecule has 4 rings (SSSR count). The summed E-state index contributed by atoms with van der Waals surface area (Å²) in [5.41, 5.74) is 9.98. The molecule has 1 amide bonds. The molecule has 7 heteroatoms. The van der Waals surface area contributed by atoms with Gasteiger partial charge < -0.3 is 5.73 Å². The zero-order valence-electron chi connectivity index (χ0n) is 17.3. The number of nitrogens with two attached hydrogens (primary N) is 1. The summed E-state index contributed by atoms with van der Waals surface area (Å²) >= 11 is 0. The van der Waals surface area contributed by atoms with Crippen molar-refractivity contribution in [3.05, 3.63) is 66.7 Å². The normalized spacial score (nSPS) is 11.3. The number of hydrogen-bond donors (Lipinski definition) is 1. The molecule has 31 heavy (non-hydrogen) atoms. The van der Waals surface area contributed by atoms with E-state index in [4.69, 9.17) is 5.73 Å². The van der Waals surface area contributed by atoms with Crippen molar-refractivity contribution in [1.29, 1.82) is 0 Å². The first-order valence-corrected chi connectivity index (χ1v) is 9.88. The van der Waals surface area contributed by atoms with Gasteiger partial charge in [-0.1, -0.05) is 36.1 Å². The van der Waals surface area contributed by atoms with E-state index in [0.717, 1.165) is 33.3 Å². The number of rotatable bonds is 5. The summed E-state index contributed by atoms with van der Waals surface area (Å²) in [5.74, 6) is 5.61. The molecule has 156 valence electrons. The smallest absolute Gasteiger partial charge is 0.235 e. The Bertz CT molecular complexity index is 1310. The Balaban J connectivity index is 1.72. The van der Waals surface area contributed by atoms with Crippen molar-refractivity contribution in [1.82, 2.24) is 19.4 Å². The number of alkyl halides is 1. The van der Waals surface area contributed by atoms with E-state index in [2.05, 4.69) is 22.0 Å². The van der Waals surface area contributed by atoms with E-state index in [0.29, 0.717) is 0 Å². The molecule has 0 aliphatic heterocycles. The number of pyridine rings is 1. The topological polar surface area (TPSA) is 78.2 Å². The molecule has 0 aliphatic carbocycles. The van der Waals surface area contributed by atoms with Gasteiger partial charge in [-0.15, -0.1) is 0 Å². The number of aryl methyl sites for hydroxylation is 1. The van der Waals surface area contributed by atoms with Gasteiger partial charge in [-0.25, -0.2) is 8.91 Å². The van der Waals surface area contributed by atoms with E-state index in [9.17, 15) is 9.18 Å². The molecule has 6 nitrogen and oxygen atoms in total. The van der Waals surface area contributed by atoms with Crippen LogP contribution in [0.5, 0.6) is 0 Å². The highest BCUT2D eigenvalue weighted by atomic mass is 19.1. The average Bonchev–Trinajstić information content (AvgIpc) is 3.40. The van der Waals surface area contributed by atoms with Crippen molar-refractivity contribution < 1.29 is 9.18 Å². The van der Waals surface area contributed by atoms with Gasteiger partial charge in [-0.05, 0) is 37.1 Å². The molecule has 0 aliphatic rings. The summed E-state index contributed by atoms with van der Waals surface area (Å²) in [4.78, 5) is 11.6. The van der Waals surface area contributed by atoms with Crippen LogP contribution in [0, 0.1) is 17.3 Å². The third kappa shape index (κ3) is 4.05. The second-order valence-electron chi connectivity index (χ2n) is 7.77. The Morgan fingerprint density at radius 1 is 1.10 bits per heavy atom. The van der Waals surface area contributed by atoms with E-state index >= 15 is 0 Å². The SMILES string of the molecule is CC(C)(C#Cc1cccn2ncc(-c3ccc(-c4cnn(CCF)c4)cc3)c12)C(N)=O. The zero-order chi connectivity index (χ0) is 22.0. The Hall–Kier alpha value is -3.92. The number of carbonyl (C=O) groups is 1. The van der Waals surface area contributed by atoms with E-state index in [1.165, 1.54) is 0 Å². The lowest BCUT2D eigenvalue weighted by Crippen LogP contribution is -2.29. The average molecular weight is 415 g/mol. The first-order chi connectivity index (χ1) is 14.9. The Kier molecular flexibility index (Phi) is 5.30. The fraction of sp³-hybridized carbons (Fsp3) is 0.208. The van der Waals surface area contributed by atoms with Gasteiger partial charge in [0, 0.05) is 23.5 Å². The molecule has 2 N–H and O–H groups in total. The van der Waals surface area contributed by atoms with Crippen LogP contribution in [0.2, 0.25) is 0 Å². The van der Waals surface area contributed by atoms with E-state index in [1.54, 1.807) is 35.4 Å². The quantitative estimate of drug-likeness (QED) is 0.505. The van der Waals surface area contributed by atoms with Gasteiger partial charge in [0.15, 0.2) is 0 Å². The largest absolute Gasteiger partial charge is 0.368 e. The van der Waals surface area contributed by atoms with Crippen LogP contribution in [0.3, 0.4) is 0 Å². The molecule has 0 atom stereocenters.